The second-order valence-corrected chi connectivity index (χ2v) is 2.90. The lowest BCUT2D eigenvalue weighted by Crippen LogP contribution is -1.95. The lowest BCUT2D eigenvalue weighted by atomic mass is 10.2. The molecule has 0 N–H and O–H groups in total. The molecular weight excluding hydrogens is 180 g/mol. The van der Waals surface area contributed by atoms with E-state index >= 15 is 0 Å². The number of esters is 1. The fraction of sp³-hybridized carbons (Fsp3) is 0.545. The summed E-state index contributed by atoms with van der Waals surface area (Å²) in [5, 5.41) is 0. The van der Waals surface area contributed by atoms with Crippen LogP contribution in [0.2, 0.25) is 0 Å². The van der Waals surface area contributed by atoms with Crippen molar-refractivity contribution in [2.45, 2.75) is 27.2 Å². The van der Waals surface area contributed by atoms with Crippen molar-refractivity contribution in [2.75, 3.05) is 6.61 Å². The summed E-state index contributed by atoms with van der Waals surface area (Å²) in [6.07, 6.45) is 3.01. The van der Waals surface area contributed by atoms with E-state index in [0.29, 0.717) is 12.3 Å². The molecule has 0 saturated carbocycles. The van der Waals surface area contributed by atoms with E-state index in [1.807, 2.05) is 0 Å². The number of carbonyl (C=O) groups excluding carboxylic acids is 1. The monoisotopic (exact) mass is 200 g/mol. The molecule has 0 aromatic carbocycles. The van der Waals surface area contributed by atoms with Crippen molar-refractivity contribution in [2.24, 2.45) is 5.92 Å². The maximum absolute atomic E-state index is 10.1. The normalized spacial score (nSPS) is 8.29. The molecule has 14 heavy (non-hydrogen) atoms. The standard InChI is InChI=1S/C6H12O.C5H8O2/c1-4-7-5-6(2)3;1-3-5(6)7-4-2/h4,6H,1,5H2,2-3H3;4H,2-3H2,1H3. The molecule has 0 aromatic heterocycles. The van der Waals surface area contributed by atoms with Crippen LogP contribution in [0.5, 0.6) is 0 Å². The van der Waals surface area contributed by atoms with Crippen molar-refractivity contribution in [3.8, 4) is 0 Å². The molecule has 0 aliphatic carbocycles. The fourth-order valence-electron chi connectivity index (χ4n) is 0.437. The second kappa shape index (κ2) is 11.8. The zero-order chi connectivity index (χ0) is 11.4. The lowest BCUT2D eigenvalue weighted by molar-refractivity contribution is -0.137. The molecule has 0 atom stereocenters. The van der Waals surface area contributed by atoms with E-state index in [9.17, 15) is 4.79 Å². The van der Waals surface area contributed by atoms with Gasteiger partial charge in [0.2, 0.25) is 0 Å². The molecular formula is C11H20O3. The Hall–Kier alpha value is -1.25. The second-order valence-electron chi connectivity index (χ2n) is 2.90. The first-order chi connectivity index (χ1) is 6.58. The van der Waals surface area contributed by atoms with E-state index in [-0.39, 0.29) is 5.97 Å². The number of carbonyl (C=O) groups is 1. The summed E-state index contributed by atoms with van der Waals surface area (Å²) in [4.78, 5) is 10.1. The molecule has 0 aliphatic heterocycles. The van der Waals surface area contributed by atoms with Gasteiger partial charge in [-0.3, -0.25) is 4.79 Å². The Labute approximate surface area is 86.4 Å². The van der Waals surface area contributed by atoms with Crippen molar-refractivity contribution in [1.29, 1.82) is 0 Å². The summed E-state index contributed by atoms with van der Waals surface area (Å²) in [6.45, 7) is 13.3. The molecule has 0 aromatic rings. The third-order valence-corrected chi connectivity index (χ3v) is 1.05. The van der Waals surface area contributed by atoms with Gasteiger partial charge in [-0.15, -0.1) is 0 Å². The van der Waals surface area contributed by atoms with Crippen LogP contribution in [0.4, 0.5) is 0 Å². The van der Waals surface area contributed by atoms with Crippen LogP contribution in [0.15, 0.2) is 25.7 Å². The van der Waals surface area contributed by atoms with Gasteiger partial charge in [0.1, 0.15) is 0 Å². The number of hydrogen-bond donors (Lipinski definition) is 0. The molecule has 0 amide bonds. The Kier molecular flexibility index (Phi) is 12.8. The third kappa shape index (κ3) is 17.0. The molecule has 0 fully saturated rings. The van der Waals surface area contributed by atoms with Gasteiger partial charge in [-0.05, 0) is 5.92 Å². The summed E-state index contributed by atoms with van der Waals surface area (Å²) in [6, 6.07) is 0. The Morgan fingerprint density at radius 3 is 2.07 bits per heavy atom. The largest absolute Gasteiger partial charge is 0.502 e. The highest BCUT2D eigenvalue weighted by molar-refractivity contribution is 5.69. The summed E-state index contributed by atoms with van der Waals surface area (Å²) < 4.78 is 9.17. The molecule has 0 rings (SSSR count). The average molecular weight is 200 g/mol. The molecule has 82 valence electrons. The van der Waals surface area contributed by atoms with Crippen LogP contribution in [-0.4, -0.2) is 12.6 Å². The maximum Gasteiger partial charge on any atom is 0.310 e. The van der Waals surface area contributed by atoms with Crippen LogP contribution in [0.1, 0.15) is 27.2 Å². The van der Waals surface area contributed by atoms with Gasteiger partial charge in [-0.1, -0.05) is 33.9 Å². The minimum Gasteiger partial charge on any atom is -0.502 e. The first-order valence-corrected chi connectivity index (χ1v) is 4.61. The van der Waals surface area contributed by atoms with E-state index < -0.39 is 0 Å². The average Bonchev–Trinajstić information content (AvgIpc) is 2.16. The number of ether oxygens (including phenoxy) is 2. The third-order valence-electron chi connectivity index (χ3n) is 1.05. The smallest absolute Gasteiger partial charge is 0.310 e. The van der Waals surface area contributed by atoms with Crippen LogP contribution in [0, 0.1) is 5.92 Å². The summed E-state index contributed by atoms with van der Waals surface area (Å²) in [5.41, 5.74) is 0. The highest BCUT2D eigenvalue weighted by atomic mass is 16.5. The number of hydrogen-bond acceptors (Lipinski definition) is 3. The van der Waals surface area contributed by atoms with Crippen molar-refractivity contribution in [1.82, 2.24) is 0 Å². The van der Waals surface area contributed by atoms with E-state index in [4.69, 9.17) is 4.74 Å². The topological polar surface area (TPSA) is 35.5 Å². The molecule has 0 radical (unpaired) electrons. The molecule has 3 heteroatoms. The van der Waals surface area contributed by atoms with Gasteiger partial charge < -0.3 is 9.47 Å². The van der Waals surface area contributed by atoms with E-state index in [2.05, 4.69) is 31.7 Å². The molecule has 0 spiro atoms. The first-order valence-electron chi connectivity index (χ1n) is 4.61. The van der Waals surface area contributed by atoms with Crippen molar-refractivity contribution >= 4 is 5.97 Å². The van der Waals surface area contributed by atoms with Gasteiger partial charge in [0.25, 0.3) is 0 Å². The molecule has 0 saturated heterocycles. The predicted molar refractivity (Wildman–Crippen MR) is 57.6 cm³/mol. The minimum absolute atomic E-state index is 0.241. The molecule has 0 heterocycles. The predicted octanol–water partition coefficient (Wildman–Crippen LogP) is 2.89. The molecule has 3 nitrogen and oxygen atoms in total. The van der Waals surface area contributed by atoms with E-state index in [1.54, 1.807) is 6.92 Å². The van der Waals surface area contributed by atoms with Gasteiger partial charge in [0.05, 0.1) is 19.1 Å². The van der Waals surface area contributed by atoms with Gasteiger partial charge >= 0.3 is 5.97 Å². The molecule has 0 unspecified atom stereocenters. The Balaban J connectivity index is 0. The van der Waals surface area contributed by atoms with Crippen LogP contribution >= 0.6 is 0 Å². The number of rotatable bonds is 5. The van der Waals surface area contributed by atoms with Crippen LogP contribution in [0.25, 0.3) is 0 Å². The zero-order valence-corrected chi connectivity index (χ0v) is 9.29. The van der Waals surface area contributed by atoms with Crippen molar-refractivity contribution in [3.05, 3.63) is 25.7 Å². The van der Waals surface area contributed by atoms with Gasteiger partial charge in [0, 0.05) is 6.42 Å². The van der Waals surface area contributed by atoms with Crippen LogP contribution < -0.4 is 0 Å². The fourth-order valence-corrected chi connectivity index (χ4v) is 0.437. The van der Waals surface area contributed by atoms with E-state index in [1.165, 1.54) is 6.26 Å². The highest BCUT2D eigenvalue weighted by Crippen LogP contribution is 1.90. The highest BCUT2D eigenvalue weighted by Gasteiger charge is 1.89. The molecule has 0 aliphatic rings. The van der Waals surface area contributed by atoms with E-state index in [0.717, 1.165) is 12.9 Å². The quantitative estimate of drug-likeness (QED) is 0.505. The Bertz CT molecular complexity index is 162. The maximum atomic E-state index is 10.1. The SMILES string of the molecule is C=COC(=O)CC.C=COCC(C)C. The Morgan fingerprint density at radius 1 is 1.36 bits per heavy atom. The van der Waals surface area contributed by atoms with Crippen molar-refractivity contribution in [3.63, 3.8) is 0 Å². The summed E-state index contributed by atoms with van der Waals surface area (Å²) in [7, 11) is 0. The summed E-state index contributed by atoms with van der Waals surface area (Å²) in [5.74, 6) is 0.369. The Morgan fingerprint density at radius 2 is 1.93 bits per heavy atom. The van der Waals surface area contributed by atoms with Gasteiger partial charge in [-0.2, -0.15) is 0 Å². The minimum atomic E-state index is -0.241. The van der Waals surface area contributed by atoms with Crippen LogP contribution in [-0.2, 0) is 14.3 Å². The molecule has 0 bridgehead atoms. The van der Waals surface area contributed by atoms with Crippen molar-refractivity contribution < 1.29 is 14.3 Å². The first kappa shape index (κ1) is 15.2. The van der Waals surface area contributed by atoms with Gasteiger partial charge in [-0.25, -0.2) is 0 Å². The van der Waals surface area contributed by atoms with Crippen LogP contribution in [0.3, 0.4) is 0 Å². The van der Waals surface area contributed by atoms with Gasteiger partial charge in [0.15, 0.2) is 0 Å². The lowest BCUT2D eigenvalue weighted by Gasteiger charge is -2.00. The zero-order valence-electron chi connectivity index (χ0n) is 9.29. The summed E-state index contributed by atoms with van der Waals surface area (Å²) >= 11 is 0.